The van der Waals surface area contributed by atoms with Crippen LogP contribution in [0.5, 0.6) is 0 Å². The molecule has 2 aliphatic rings. The molecule has 0 spiro atoms. The third-order valence-electron chi connectivity index (χ3n) is 4.72. The number of nitrogens with zero attached hydrogens (tertiary/aromatic N) is 1. The third-order valence-corrected chi connectivity index (χ3v) is 6.89. The average molecular weight is 275 g/mol. The van der Waals surface area contributed by atoms with Gasteiger partial charge in [0, 0.05) is 7.05 Å². The highest BCUT2D eigenvalue weighted by Gasteiger charge is 2.48. The maximum absolute atomic E-state index is 12.3. The van der Waals surface area contributed by atoms with Gasteiger partial charge in [0.25, 0.3) is 0 Å². The zero-order valence-corrected chi connectivity index (χ0v) is 11.7. The molecule has 0 saturated heterocycles. The van der Waals surface area contributed by atoms with Gasteiger partial charge in [-0.2, -0.15) is 4.31 Å². The minimum Gasteiger partial charge on any atom is -0.480 e. The molecule has 5 nitrogen and oxygen atoms in total. The van der Waals surface area contributed by atoms with Crippen LogP contribution in [-0.2, 0) is 14.8 Å². The third kappa shape index (κ3) is 2.40. The van der Waals surface area contributed by atoms with Crippen LogP contribution in [0.4, 0.5) is 0 Å². The predicted octanol–water partition coefficient (Wildman–Crippen LogP) is 1.30. The Kier molecular flexibility index (Phi) is 3.44. The van der Waals surface area contributed by atoms with Gasteiger partial charge in [-0.15, -0.1) is 0 Å². The number of sulfonamides is 1. The van der Waals surface area contributed by atoms with Gasteiger partial charge in [0.05, 0.1) is 5.75 Å². The van der Waals surface area contributed by atoms with Crippen molar-refractivity contribution in [3.63, 3.8) is 0 Å². The lowest BCUT2D eigenvalue weighted by atomic mass is 9.87. The minimum atomic E-state index is -3.48. The SMILES string of the molecule is CC(C(=O)O)N(C)S(=O)(=O)CC12CCC(CC1)C2. The lowest BCUT2D eigenvalue weighted by Crippen LogP contribution is -2.44. The molecule has 6 heteroatoms. The highest BCUT2D eigenvalue weighted by Crippen LogP contribution is 2.54. The Labute approximate surface area is 108 Å². The molecule has 2 rings (SSSR count). The molecule has 2 fully saturated rings. The number of rotatable bonds is 5. The molecule has 0 aromatic rings. The number of likely N-dealkylation sites (N-methyl/N-ethyl adjacent to an activating group) is 1. The van der Waals surface area contributed by atoms with Crippen molar-refractivity contribution in [2.24, 2.45) is 11.3 Å². The number of aliphatic carboxylic acids is 1. The van der Waals surface area contributed by atoms with Gasteiger partial charge in [-0.3, -0.25) is 4.79 Å². The Bertz CT molecular complexity index is 437. The molecule has 0 aromatic carbocycles. The van der Waals surface area contributed by atoms with E-state index in [2.05, 4.69) is 0 Å². The lowest BCUT2D eigenvalue weighted by Gasteiger charge is -2.30. The van der Waals surface area contributed by atoms with Crippen LogP contribution in [0.15, 0.2) is 0 Å². The first-order valence-electron chi connectivity index (χ1n) is 6.44. The molecule has 1 atom stereocenters. The molecular formula is C12H21NO4S. The normalized spacial score (nSPS) is 32.9. The Balaban J connectivity index is 2.10. The summed E-state index contributed by atoms with van der Waals surface area (Å²) in [7, 11) is -2.11. The topological polar surface area (TPSA) is 74.7 Å². The summed E-state index contributed by atoms with van der Waals surface area (Å²) in [4.78, 5) is 10.9. The van der Waals surface area contributed by atoms with Gasteiger partial charge in [-0.05, 0) is 50.4 Å². The summed E-state index contributed by atoms with van der Waals surface area (Å²) >= 11 is 0. The van der Waals surface area contributed by atoms with E-state index in [4.69, 9.17) is 5.11 Å². The first-order chi connectivity index (χ1) is 8.26. The molecule has 18 heavy (non-hydrogen) atoms. The molecule has 1 unspecified atom stereocenters. The second-order valence-corrected chi connectivity index (χ2v) is 7.96. The van der Waals surface area contributed by atoms with Crippen LogP contribution in [0.3, 0.4) is 0 Å². The Morgan fingerprint density at radius 1 is 1.44 bits per heavy atom. The predicted molar refractivity (Wildman–Crippen MR) is 67.7 cm³/mol. The molecule has 0 heterocycles. The van der Waals surface area contributed by atoms with Crippen LogP contribution in [0.2, 0.25) is 0 Å². The summed E-state index contributed by atoms with van der Waals surface area (Å²) < 4.78 is 25.6. The summed E-state index contributed by atoms with van der Waals surface area (Å²) in [5.74, 6) is -0.290. The van der Waals surface area contributed by atoms with Crippen molar-refractivity contribution in [1.82, 2.24) is 4.31 Å². The smallest absolute Gasteiger partial charge is 0.321 e. The summed E-state index contributed by atoms with van der Waals surface area (Å²) in [5.41, 5.74) is -0.0734. The van der Waals surface area contributed by atoms with Crippen LogP contribution in [0.25, 0.3) is 0 Å². The van der Waals surface area contributed by atoms with E-state index in [1.165, 1.54) is 14.0 Å². The van der Waals surface area contributed by atoms with Gasteiger partial charge in [0.1, 0.15) is 6.04 Å². The van der Waals surface area contributed by atoms with Crippen molar-refractivity contribution in [3.05, 3.63) is 0 Å². The minimum absolute atomic E-state index is 0.0734. The molecule has 0 radical (unpaired) electrons. The largest absolute Gasteiger partial charge is 0.480 e. The fraction of sp³-hybridized carbons (Fsp3) is 0.917. The molecular weight excluding hydrogens is 254 g/mol. The van der Waals surface area contributed by atoms with Crippen molar-refractivity contribution in [3.8, 4) is 0 Å². The van der Waals surface area contributed by atoms with Crippen molar-refractivity contribution in [1.29, 1.82) is 0 Å². The molecule has 1 N–H and O–H groups in total. The van der Waals surface area contributed by atoms with Gasteiger partial charge in [-0.25, -0.2) is 8.42 Å². The van der Waals surface area contributed by atoms with Gasteiger partial charge in [0.15, 0.2) is 0 Å². The molecule has 0 amide bonds. The van der Waals surface area contributed by atoms with E-state index < -0.39 is 22.0 Å². The lowest BCUT2D eigenvalue weighted by molar-refractivity contribution is -0.140. The Morgan fingerprint density at radius 2 is 2.00 bits per heavy atom. The number of fused-ring (bicyclic) bond motifs is 2. The van der Waals surface area contributed by atoms with E-state index in [0.29, 0.717) is 5.92 Å². The van der Waals surface area contributed by atoms with E-state index in [1.807, 2.05) is 0 Å². The number of hydrogen-bond acceptors (Lipinski definition) is 3. The number of carbonyl (C=O) groups is 1. The number of hydrogen-bond donors (Lipinski definition) is 1. The van der Waals surface area contributed by atoms with Crippen molar-refractivity contribution < 1.29 is 18.3 Å². The second-order valence-electron chi connectivity index (χ2n) is 5.93. The monoisotopic (exact) mass is 275 g/mol. The van der Waals surface area contributed by atoms with E-state index >= 15 is 0 Å². The molecule has 0 aliphatic heterocycles. The molecule has 2 bridgehead atoms. The van der Waals surface area contributed by atoms with E-state index in [9.17, 15) is 13.2 Å². The maximum Gasteiger partial charge on any atom is 0.321 e. The highest BCUT2D eigenvalue weighted by molar-refractivity contribution is 7.89. The Morgan fingerprint density at radius 3 is 2.39 bits per heavy atom. The van der Waals surface area contributed by atoms with E-state index in [0.717, 1.165) is 36.4 Å². The van der Waals surface area contributed by atoms with Gasteiger partial charge in [0.2, 0.25) is 10.0 Å². The fourth-order valence-corrected chi connectivity index (χ4v) is 5.36. The summed E-state index contributed by atoms with van der Waals surface area (Å²) in [6.07, 6.45) is 5.22. The van der Waals surface area contributed by atoms with E-state index in [-0.39, 0.29) is 11.2 Å². The van der Waals surface area contributed by atoms with Crippen LogP contribution in [0.1, 0.15) is 39.0 Å². The average Bonchev–Trinajstić information content (AvgIpc) is 2.85. The van der Waals surface area contributed by atoms with E-state index in [1.54, 1.807) is 0 Å². The second kappa shape index (κ2) is 4.49. The quantitative estimate of drug-likeness (QED) is 0.820. The summed E-state index contributed by atoms with van der Waals surface area (Å²) in [5, 5.41) is 8.90. The summed E-state index contributed by atoms with van der Waals surface area (Å²) in [6, 6.07) is -0.995. The van der Waals surface area contributed by atoms with Crippen LogP contribution in [-0.4, -0.2) is 42.6 Å². The van der Waals surface area contributed by atoms with Crippen LogP contribution < -0.4 is 0 Å². The highest BCUT2D eigenvalue weighted by atomic mass is 32.2. The summed E-state index contributed by atoms with van der Waals surface area (Å²) in [6.45, 7) is 1.41. The fourth-order valence-electron chi connectivity index (χ4n) is 3.40. The first-order valence-corrected chi connectivity index (χ1v) is 8.05. The maximum atomic E-state index is 12.3. The van der Waals surface area contributed by atoms with Gasteiger partial charge >= 0.3 is 5.97 Å². The Hall–Kier alpha value is -0.620. The van der Waals surface area contributed by atoms with Crippen LogP contribution >= 0.6 is 0 Å². The van der Waals surface area contributed by atoms with Crippen molar-refractivity contribution >= 4 is 16.0 Å². The molecule has 0 aromatic heterocycles. The van der Waals surface area contributed by atoms with Crippen molar-refractivity contribution in [2.45, 2.75) is 45.1 Å². The number of carboxylic acids is 1. The molecule has 104 valence electrons. The standard InChI is InChI=1S/C12H21NO4S/c1-9(11(14)15)13(2)18(16,17)8-12-5-3-10(7-12)4-6-12/h9-10H,3-8H2,1-2H3,(H,14,15). The molecule has 2 saturated carbocycles. The first kappa shape index (κ1) is 13.8. The van der Waals surface area contributed by atoms with Gasteiger partial charge in [-0.1, -0.05) is 0 Å². The van der Waals surface area contributed by atoms with Gasteiger partial charge < -0.3 is 5.11 Å². The number of carboxylic acid groups (broad SMARTS) is 1. The molecule has 2 aliphatic carbocycles. The zero-order chi connectivity index (χ0) is 13.6. The zero-order valence-electron chi connectivity index (χ0n) is 10.9. The van der Waals surface area contributed by atoms with Crippen molar-refractivity contribution in [2.75, 3.05) is 12.8 Å². The van der Waals surface area contributed by atoms with Crippen LogP contribution in [0, 0.1) is 11.3 Å².